The molecule has 8 nitrogen and oxygen atoms in total. The van der Waals surface area contributed by atoms with Crippen molar-refractivity contribution in [3.63, 3.8) is 0 Å². The van der Waals surface area contributed by atoms with E-state index in [1.165, 1.54) is 6.08 Å². The number of aliphatic imine (C=N–C) groups is 1. The second kappa shape index (κ2) is 9.94. The van der Waals surface area contributed by atoms with E-state index < -0.39 is 11.2 Å². The van der Waals surface area contributed by atoms with Crippen LogP contribution in [0.4, 0.5) is 5.69 Å². The van der Waals surface area contributed by atoms with E-state index in [9.17, 15) is 14.4 Å². The molecule has 0 spiro atoms. The van der Waals surface area contributed by atoms with Crippen molar-refractivity contribution in [2.24, 2.45) is 10.7 Å². The molecule has 0 unspecified atom stereocenters. The number of amidine groups is 1. The summed E-state index contributed by atoms with van der Waals surface area (Å²) in [5, 5.41) is 2.28. The number of ketones is 1. The number of rotatable bonds is 8. The third kappa shape index (κ3) is 5.73. The molecule has 160 valence electrons. The van der Waals surface area contributed by atoms with Crippen LogP contribution in [0.5, 0.6) is 11.5 Å². The van der Waals surface area contributed by atoms with Gasteiger partial charge in [0.15, 0.2) is 22.4 Å². The third-order valence-corrected chi connectivity index (χ3v) is 5.40. The normalized spacial score (nSPS) is 15.6. The fourth-order valence-electron chi connectivity index (χ4n) is 2.85. The summed E-state index contributed by atoms with van der Waals surface area (Å²) < 4.78 is 10.5. The van der Waals surface area contributed by atoms with Gasteiger partial charge in [0.25, 0.3) is 5.91 Å². The molecule has 3 N–H and O–H groups in total. The summed E-state index contributed by atoms with van der Waals surface area (Å²) in [7, 11) is 3.10. The Labute approximate surface area is 183 Å². The molecule has 2 amide bonds. The monoisotopic (exact) mass is 439 g/mol. The highest BCUT2D eigenvalue weighted by Crippen LogP contribution is 2.28. The minimum absolute atomic E-state index is 0.0254. The van der Waals surface area contributed by atoms with Gasteiger partial charge in [-0.25, -0.2) is 0 Å². The predicted molar refractivity (Wildman–Crippen MR) is 121 cm³/mol. The summed E-state index contributed by atoms with van der Waals surface area (Å²) in [4.78, 5) is 39.8. The van der Waals surface area contributed by atoms with Gasteiger partial charge in [-0.2, -0.15) is 4.99 Å². The summed E-state index contributed by atoms with van der Waals surface area (Å²) in [6.45, 7) is 0. The van der Waals surface area contributed by atoms with Crippen molar-refractivity contribution in [3.05, 3.63) is 59.7 Å². The van der Waals surface area contributed by atoms with E-state index in [2.05, 4.69) is 10.3 Å². The minimum Gasteiger partial charge on any atom is -0.493 e. The van der Waals surface area contributed by atoms with Gasteiger partial charge in [0.2, 0.25) is 5.91 Å². The highest BCUT2D eigenvalue weighted by atomic mass is 32.2. The second-order valence-corrected chi connectivity index (χ2v) is 7.76. The van der Waals surface area contributed by atoms with Crippen molar-refractivity contribution >= 4 is 46.3 Å². The maximum atomic E-state index is 12.4. The van der Waals surface area contributed by atoms with E-state index >= 15 is 0 Å². The molecule has 3 rings (SSSR count). The van der Waals surface area contributed by atoms with Crippen molar-refractivity contribution in [3.8, 4) is 11.5 Å². The second-order valence-electron chi connectivity index (χ2n) is 6.54. The van der Waals surface area contributed by atoms with Gasteiger partial charge in [0, 0.05) is 17.7 Å². The molecule has 1 aliphatic rings. The molecule has 0 fully saturated rings. The largest absolute Gasteiger partial charge is 0.493 e. The van der Waals surface area contributed by atoms with E-state index in [4.69, 9.17) is 15.2 Å². The third-order valence-electron chi connectivity index (χ3n) is 4.42. The van der Waals surface area contributed by atoms with Gasteiger partial charge in [0.1, 0.15) is 5.25 Å². The van der Waals surface area contributed by atoms with Crippen molar-refractivity contribution in [1.82, 2.24) is 0 Å². The Morgan fingerprint density at radius 1 is 1.13 bits per heavy atom. The molecule has 0 radical (unpaired) electrons. The molecule has 9 heteroatoms. The van der Waals surface area contributed by atoms with Gasteiger partial charge >= 0.3 is 0 Å². The van der Waals surface area contributed by atoms with Crippen LogP contribution in [0.3, 0.4) is 0 Å². The number of thioether (sulfide) groups is 1. The summed E-state index contributed by atoms with van der Waals surface area (Å²) >= 11 is 1.08. The molecule has 1 heterocycles. The van der Waals surface area contributed by atoms with E-state index in [0.29, 0.717) is 22.7 Å². The number of anilines is 1. The fraction of sp³-hybridized carbons (Fsp3) is 0.182. The SMILES string of the molecule is COc1ccc(/C=C/C(=O)c2ccc(NC(=O)C[C@H]3SC(N)=NC3=O)cc2)cc1OC. The Morgan fingerprint density at radius 2 is 1.84 bits per heavy atom. The van der Waals surface area contributed by atoms with Gasteiger partial charge in [-0.3, -0.25) is 14.4 Å². The number of hydrogen-bond acceptors (Lipinski definition) is 7. The zero-order chi connectivity index (χ0) is 22.4. The molecule has 1 atom stereocenters. The van der Waals surface area contributed by atoms with Gasteiger partial charge in [-0.15, -0.1) is 0 Å². The topological polar surface area (TPSA) is 120 Å². The van der Waals surface area contributed by atoms with Crippen LogP contribution in [0, 0.1) is 0 Å². The zero-order valence-electron chi connectivity index (χ0n) is 17.0. The molecule has 31 heavy (non-hydrogen) atoms. The number of ether oxygens (including phenoxy) is 2. The Kier molecular flexibility index (Phi) is 7.09. The van der Waals surface area contributed by atoms with Gasteiger partial charge in [-0.05, 0) is 48.0 Å². The standard InChI is InChI=1S/C22H21N3O5S/c1-29-17-10-4-13(11-18(17)30-2)3-9-16(26)14-5-7-15(8-6-14)24-20(27)12-19-21(28)25-22(23)31-19/h3-11,19H,12H2,1-2H3,(H,24,27)(H2,23,25,28)/b9-3+/t19-/m1/s1. The van der Waals surface area contributed by atoms with Crippen LogP contribution in [-0.4, -0.2) is 42.2 Å². The number of carbonyl (C=O) groups is 3. The number of amides is 2. The fourth-order valence-corrected chi connectivity index (χ4v) is 3.68. The zero-order valence-corrected chi connectivity index (χ0v) is 17.8. The van der Waals surface area contributed by atoms with Crippen LogP contribution < -0.4 is 20.5 Å². The molecular weight excluding hydrogens is 418 g/mol. The van der Waals surface area contributed by atoms with E-state index in [0.717, 1.165) is 17.3 Å². The lowest BCUT2D eigenvalue weighted by atomic mass is 10.1. The molecule has 0 aliphatic carbocycles. The van der Waals surface area contributed by atoms with Gasteiger partial charge in [-0.1, -0.05) is 23.9 Å². The number of nitrogens with zero attached hydrogens (tertiary/aromatic N) is 1. The first-order valence-corrected chi connectivity index (χ1v) is 10.2. The summed E-state index contributed by atoms with van der Waals surface area (Å²) in [6.07, 6.45) is 3.12. The first kappa shape index (κ1) is 22.1. The predicted octanol–water partition coefficient (Wildman–Crippen LogP) is 2.89. The van der Waals surface area contributed by atoms with E-state index in [1.807, 2.05) is 6.07 Å². The van der Waals surface area contributed by atoms with Crippen LogP contribution >= 0.6 is 11.8 Å². The van der Waals surface area contributed by atoms with Crippen molar-refractivity contribution < 1.29 is 23.9 Å². The smallest absolute Gasteiger partial charge is 0.262 e. The maximum absolute atomic E-state index is 12.4. The van der Waals surface area contributed by atoms with E-state index in [1.54, 1.807) is 56.7 Å². The number of allylic oxidation sites excluding steroid dienone is 1. The van der Waals surface area contributed by atoms with Crippen molar-refractivity contribution in [2.75, 3.05) is 19.5 Å². The van der Waals surface area contributed by atoms with Crippen LogP contribution in [0.2, 0.25) is 0 Å². The lowest BCUT2D eigenvalue weighted by Gasteiger charge is -2.08. The molecule has 0 saturated carbocycles. The number of benzene rings is 2. The summed E-state index contributed by atoms with van der Waals surface area (Å²) in [6, 6.07) is 11.8. The summed E-state index contributed by atoms with van der Waals surface area (Å²) in [5.74, 6) is 0.260. The van der Waals surface area contributed by atoms with Crippen LogP contribution in [0.1, 0.15) is 22.3 Å². The van der Waals surface area contributed by atoms with Crippen LogP contribution in [-0.2, 0) is 9.59 Å². The maximum Gasteiger partial charge on any atom is 0.262 e. The van der Waals surface area contributed by atoms with Gasteiger partial charge in [0.05, 0.1) is 14.2 Å². The molecule has 2 aromatic rings. The molecule has 0 saturated heterocycles. The molecule has 1 aliphatic heterocycles. The lowest BCUT2D eigenvalue weighted by molar-refractivity contribution is -0.121. The number of methoxy groups -OCH3 is 2. The minimum atomic E-state index is -0.595. The number of hydrogen-bond donors (Lipinski definition) is 2. The Morgan fingerprint density at radius 3 is 2.45 bits per heavy atom. The lowest BCUT2D eigenvalue weighted by Crippen LogP contribution is -2.21. The van der Waals surface area contributed by atoms with Crippen LogP contribution in [0.15, 0.2) is 53.5 Å². The quantitative estimate of drug-likeness (QED) is 0.479. The van der Waals surface area contributed by atoms with Crippen LogP contribution in [0.25, 0.3) is 6.08 Å². The average Bonchev–Trinajstić information content (AvgIpc) is 3.08. The van der Waals surface area contributed by atoms with Crippen molar-refractivity contribution in [1.29, 1.82) is 0 Å². The number of nitrogens with one attached hydrogen (secondary N) is 1. The first-order chi connectivity index (χ1) is 14.9. The number of nitrogens with two attached hydrogens (primary N) is 1. The highest BCUT2D eigenvalue weighted by Gasteiger charge is 2.29. The Hall–Kier alpha value is -3.59. The highest BCUT2D eigenvalue weighted by molar-refractivity contribution is 8.15. The Balaban J connectivity index is 1.58. The van der Waals surface area contributed by atoms with E-state index in [-0.39, 0.29) is 23.3 Å². The first-order valence-electron chi connectivity index (χ1n) is 9.28. The molecule has 0 bridgehead atoms. The van der Waals surface area contributed by atoms with Crippen molar-refractivity contribution in [2.45, 2.75) is 11.7 Å². The Bertz CT molecular complexity index is 1060. The number of carbonyl (C=O) groups excluding carboxylic acids is 3. The molecule has 0 aromatic heterocycles. The average molecular weight is 439 g/mol. The molecular formula is C22H21N3O5S. The summed E-state index contributed by atoms with van der Waals surface area (Å²) in [5.41, 5.74) is 7.27. The van der Waals surface area contributed by atoms with Gasteiger partial charge < -0.3 is 20.5 Å². The molecule has 2 aromatic carbocycles.